The molecule has 5 heteroatoms. The van der Waals surface area contributed by atoms with E-state index < -0.39 is 6.10 Å². The van der Waals surface area contributed by atoms with Crippen molar-refractivity contribution < 1.29 is 14.3 Å². The molecule has 1 aromatic carbocycles. The highest BCUT2D eigenvalue weighted by molar-refractivity contribution is 5.80. The van der Waals surface area contributed by atoms with Crippen molar-refractivity contribution in [2.45, 2.75) is 13.0 Å². The van der Waals surface area contributed by atoms with Crippen molar-refractivity contribution in [1.29, 1.82) is 0 Å². The maximum atomic E-state index is 11.9. The van der Waals surface area contributed by atoms with E-state index in [1.54, 1.807) is 6.92 Å². The summed E-state index contributed by atoms with van der Waals surface area (Å²) in [5.74, 6) is 0.630. The number of hydrogen-bond acceptors (Lipinski definition) is 4. The van der Waals surface area contributed by atoms with Crippen LogP contribution in [-0.4, -0.2) is 56.3 Å². The molecule has 2 rings (SSSR count). The maximum Gasteiger partial charge on any atom is 0.260 e. The van der Waals surface area contributed by atoms with Gasteiger partial charge in [0.2, 0.25) is 0 Å². The molecule has 1 N–H and O–H groups in total. The molecule has 1 amide bonds. The fourth-order valence-electron chi connectivity index (χ4n) is 2.06. The van der Waals surface area contributed by atoms with E-state index in [4.69, 9.17) is 9.47 Å². The third-order valence-electron chi connectivity index (χ3n) is 3.26. The summed E-state index contributed by atoms with van der Waals surface area (Å²) in [5, 5.41) is 2.90. The van der Waals surface area contributed by atoms with Crippen molar-refractivity contribution in [3.8, 4) is 5.75 Å². The highest BCUT2D eigenvalue weighted by atomic mass is 16.5. The van der Waals surface area contributed by atoms with Crippen molar-refractivity contribution in [1.82, 2.24) is 10.2 Å². The fraction of sp³-hybridized carbons (Fsp3) is 0.533. The Morgan fingerprint density at radius 3 is 2.75 bits per heavy atom. The van der Waals surface area contributed by atoms with E-state index in [-0.39, 0.29) is 5.91 Å². The summed E-state index contributed by atoms with van der Waals surface area (Å²) < 4.78 is 10.9. The standard InChI is InChI=1S/C15H22N2O3/c1-13(20-14-5-3-2-4-6-14)15(18)16-7-8-17-9-11-19-12-10-17/h2-6,13H,7-12H2,1H3,(H,16,18). The van der Waals surface area contributed by atoms with E-state index in [0.717, 1.165) is 32.8 Å². The third kappa shape index (κ3) is 4.83. The molecular formula is C15H22N2O3. The van der Waals surface area contributed by atoms with Crippen LogP contribution in [0.4, 0.5) is 0 Å². The molecule has 1 unspecified atom stereocenters. The lowest BCUT2D eigenvalue weighted by Crippen LogP contribution is -2.43. The summed E-state index contributed by atoms with van der Waals surface area (Å²) in [6.45, 7) is 6.69. The van der Waals surface area contributed by atoms with E-state index in [2.05, 4.69) is 10.2 Å². The Bertz CT molecular complexity index is 405. The first-order valence-electron chi connectivity index (χ1n) is 7.05. The van der Waals surface area contributed by atoms with Crippen LogP contribution in [0.25, 0.3) is 0 Å². The SMILES string of the molecule is CC(Oc1ccccc1)C(=O)NCCN1CCOCC1. The van der Waals surface area contributed by atoms with Gasteiger partial charge in [0.25, 0.3) is 5.91 Å². The van der Waals surface area contributed by atoms with Crippen LogP contribution in [0.5, 0.6) is 5.75 Å². The van der Waals surface area contributed by atoms with Crippen molar-refractivity contribution in [3.63, 3.8) is 0 Å². The Morgan fingerprint density at radius 2 is 2.05 bits per heavy atom. The Morgan fingerprint density at radius 1 is 1.35 bits per heavy atom. The van der Waals surface area contributed by atoms with Gasteiger partial charge in [0.15, 0.2) is 6.10 Å². The van der Waals surface area contributed by atoms with Crippen LogP contribution in [0.2, 0.25) is 0 Å². The Labute approximate surface area is 119 Å². The summed E-state index contributed by atoms with van der Waals surface area (Å²) in [6, 6.07) is 9.38. The summed E-state index contributed by atoms with van der Waals surface area (Å²) in [5.41, 5.74) is 0. The smallest absolute Gasteiger partial charge is 0.260 e. The van der Waals surface area contributed by atoms with Gasteiger partial charge in [-0.3, -0.25) is 9.69 Å². The number of para-hydroxylation sites is 1. The van der Waals surface area contributed by atoms with Crippen LogP contribution in [0.3, 0.4) is 0 Å². The summed E-state index contributed by atoms with van der Waals surface area (Å²) in [4.78, 5) is 14.2. The summed E-state index contributed by atoms with van der Waals surface area (Å²) in [6.07, 6.45) is -0.484. The molecule has 1 heterocycles. The second-order valence-corrected chi connectivity index (χ2v) is 4.82. The molecule has 1 aromatic rings. The molecule has 0 saturated carbocycles. The zero-order valence-electron chi connectivity index (χ0n) is 11.9. The summed E-state index contributed by atoms with van der Waals surface area (Å²) in [7, 11) is 0. The number of nitrogens with zero attached hydrogens (tertiary/aromatic N) is 1. The van der Waals surface area contributed by atoms with Gasteiger partial charge in [-0.05, 0) is 19.1 Å². The average Bonchev–Trinajstić information content (AvgIpc) is 2.49. The molecule has 1 fully saturated rings. The van der Waals surface area contributed by atoms with Crippen LogP contribution in [0.15, 0.2) is 30.3 Å². The van der Waals surface area contributed by atoms with Crippen LogP contribution >= 0.6 is 0 Å². The van der Waals surface area contributed by atoms with E-state index in [0.29, 0.717) is 12.3 Å². The van der Waals surface area contributed by atoms with Gasteiger partial charge in [0.1, 0.15) is 5.75 Å². The maximum absolute atomic E-state index is 11.9. The first kappa shape index (κ1) is 14.8. The van der Waals surface area contributed by atoms with E-state index in [9.17, 15) is 4.79 Å². The first-order chi connectivity index (χ1) is 9.75. The zero-order valence-corrected chi connectivity index (χ0v) is 11.9. The number of hydrogen-bond donors (Lipinski definition) is 1. The van der Waals surface area contributed by atoms with Gasteiger partial charge < -0.3 is 14.8 Å². The topological polar surface area (TPSA) is 50.8 Å². The number of nitrogens with one attached hydrogen (secondary N) is 1. The Kier molecular flexibility index (Phi) is 5.83. The lowest BCUT2D eigenvalue weighted by molar-refractivity contribution is -0.127. The predicted molar refractivity (Wildman–Crippen MR) is 76.8 cm³/mol. The molecule has 0 radical (unpaired) electrons. The highest BCUT2D eigenvalue weighted by Crippen LogP contribution is 2.10. The Balaban J connectivity index is 1.66. The second kappa shape index (κ2) is 7.87. The summed E-state index contributed by atoms with van der Waals surface area (Å²) >= 11 is 0. The quantitative estimate of drug-likeness (QED) is 0.840. The monoisotopic (exact) mass is 278 g/mol. The minimum Gasteiger partial charge on any atom is -0.481 e. The fourth-order valence-corrected chi connectivity index (χ4v) is 2.06. The molecule has 0 aromatic heterocycles. The lowest BCUT2D eigenvalue weighted by Gasteiger charge is -2.26. The molecular weight excluding hydrogens is 256 g/mol. The third-order valence-corrected chi connectivity index (χ3v) is 3.26. The van der Waals surface area contributed by atoms with Gasteiger partial charge in [0.05, 0.1) is 13.2 Å². The number of amides is 1. The molecule has 1 saturated heterocycles. The number of ether oxygens (including phenoxy) is 2. The van der Waals surface area contributed by atoms with Gasteiger partial charge in [-0.1, -0.05) is 18.2 Å². The minimum atomic E-state index is -0.484. The van der Waals surface area contributed by atoms with Gasteiger partial charge in [-0.2, -0.15) is 0 Å². The number of benzene rings is 1. The molecule has 1 aliphatic rings. The van der Waals surface area contributed by atoms with Crippen molar-refractivity contribution in [2.75, 3.05) is 39.4 Å². The number of rotatable bonds is 6. The molecule has 0 aliphatic carbocycles. The molecule has 1 atom stereocenters. The molecule has 5 nitrogen and oxygen atoms in total. The average molecular weight is 278 g/mol. The second-order valence-electron chi connectivity index (χ2n) is 4.82. The highest BCUT2D eigenvalue weighted by Gasteiger charge is 2.15. The van der Waals surface area contributed by atoms with Gasteiger partial charge >= 0.3 is 0 Å². The predicted octanol–water partition coefficient (Wildman–Crippen LogP) is 0.902. The van der Waals surface area contributed by atoms with Crippen molar-refractivity contribution in [3.05, 3.63) is 30.3 Å². The normalized spacial score (nSPS) is 17.4. The van der Waals surface area contributed by atoms with Crippen LogP contribution < -0.4 is 10.1 Å². The van der Waals surface area contributed by atoms with Crippen LogP contribution in [0.1, 0.15) is 6.92 Å². The van der Waals surface area contributed by atoms with Crippen molar-refractivity contribution in [2.24, 2.45) is 0 Å². The number of morpholine rings is 1. The van der Waals surface area contributed by atoms with Crippen LogP contribution in [-0.2, 0) is 9.53 Å². The molecule has 0 spiro atoms. The number of carbonyl (C=O) groups is 1. The molecule has 20 heavy (non-hydrogen) atoms. The zero-order chi connectivity index (χ0) is 14.2. The lowest BCUT2D eigenvalue weighted by atomic mass is 10.3. The van der Waals surface area contributed by atoms with Gasteiger partial charge in [-0.15, -0.1) is 0 Å². The Hall–Kier alpha value is -1.59. The van der Waals surface area contributed by atoms with E-state index in [1.165, 1.54) is 0 Å². The van der Waals surface area contributed by atoms with Crippen molar-refractivity contribution >= 4 is 5.91 Å². The van der Waals surface area contributed by atoms with Gasteiger partial charge in [0, 0.05) is 26.2 Å². The first-order valence-corrected chi connectivity index (χ1v) is 7.05. The molecule has 1 aliphatic heterocycles. The largest absolute Gasteiger partial charge is 0.481 e. The van der Waals surface area contributed by atoms with E-state index >= 15 is 0 Å². The molecule has 0 bridgehead atoms. The minimum absolute atomic E-state index is 0.0814. The molecule has 110 valence electrons. The van der Waals surface area contributed by atoms with E-state index in [1.807, 2.05) is 30.3 Å². The number of carbonyl (C=O) groups excluding carboxylic acids is 1. The van der Waals surface area contributed by atoms with Crippen LogP contribution in [0, 0.1) is 0 Å². The van der Waals surface area contributed by atoms with Gasteiger partial charge in [-0.25, -0.2) is 0 Å².